The van der Waals surface area contributed by atoms with E-state index in [-0.39, 0.29) is 18.6 Å². The molecule has 2 amide bonds. The van der Waals surface area contributed by atoms with Crippen molar-refractivity contribution in [1.29, 1.82) is 0 Å². The molecule has 7 nitrogen and oxygen atoms in total. The topological polar surface area (TPSA) is 89.0 Å². The fraction of sp³-hybridized carbons (Fsp3) is 0.769. The Morgan fingerprint density at radius 2 is 2.10 bits per heavy atom. The monoisotopic (exact) mass is 285 g/mol. The molecule has 0 aliphatic carbocycles. The molecule has 0 aromatic rings. The number of amides is 2. The molecule has 0 saturated heterocycles. The van der Waals surface area contributed by atoms with E-state index in [1.54, 1.807) is 20.8 Å². The SMILES string of the molecule is CCCNC(=O)C1=NO[C@H](CNC(=O)OC(C)(C)C)C1. The third-order valence-electron chi connectivity index (χ3n) is 2.40. The largest absolute Gasteiger partial charge is 0.444 e. The number of carbonyl (C=O) groups excluding carboxylic acids is 2. The van der Waals surface area contributed by atoms with Gasteiger partial charge < -0.3 is 20.2 Å². The Balaban J connectivity index is 2.26. The lowest BCUT2D eigenvalue weighted by Crippen LogP contribution is -2.37. The van der Waals surface area contributed by atoms with Gasteiger partial charge in [-0.1, -0.05) is 12.1 Å². The molecule has 0 bridgehead atoms. The van der Waals surface area contributed by atoms with Gasteiger partial charge in [0.25, 0.3) is 5.91 Å². The highest BCUT2D eigenvalue weighted by atomic mass is 16.6. The number of hydrogen-bond donors (Lipinski definition) is 2. The third kappa shape index (κ3) is 5.90. The van der Waals surface area contributed by atoms with Gasteiger partial charge in [0.2, 0.25) is 0 Å². The summed E-state index contributed by atoms with van der Waals surface area (Å²) in [6, 6.07) is 0. The summed E-state index contributed by atoms with van der Waals surface area (Å²) < 4.78 is 5.10. The Morgan fingerprint density at radius 1 is 1.40 bits per heavy atom. The lowest BCUT2D eigenvalue weighted by Gasteiger charge is -2.20. The molecule has 2 N–H and O–H groups in total. The average molecular weight is 285 g/mol. The lowest BCUT2D eigenvalue weighted by atomic mass is 10.1. The van der Waals surface area contributed by atoms with Crippen molar-refractivity contribution in [3.63, 3.8) is 0 Å². The molecule has 0 aromatic carbocycles. The first-order chi connectivity index (χ1) is 9.31. The number of nitrogens with zero attached hydrogens (tertiary/aromatic N) is 1. The normalized spacial score (nSPS) is 18.0. The van der Waals surface area contributed by atoms with E-state index in [1.165, 1.54) is 0 Å². The van der Waals surface area contributed by atoms with Crippen molar-refractivity contribution in [2.45, 2.75) is 52.2 Å². The van der Waals surface area contributed by atoms with Crippen LogP contribution in [0, 0.1) is 0 Å². The van der Waals surface area contributed by atoms with Crippen LogP contribution in [0.5, 0.6) is 0 Å². The maximum Gasteiger partial charge on any atom is 0.407 e. The molecule has 0 radical (unpaired) electrons. The van der Waals surface area contributed by atoms with Crippen LogP contribution in [-0.4, -0.2) is 42.5 Å². The minimum Gasteiger partial charge on any atom is -0.444 e. The van der Waals surface area contributed by atoms with Crippen molar-refractivity contribution >= 4 is 17.7 Å². The van der Waals surface area contributed by atoms with Crippen molar-refractivity contribution in [2.24, 2.45) is 5.16 Å². The maximum absolute atomic E-state index is 11.6. The Morgan fingerprint density at radius 3 is 2.70 bits per heavy atom. The molecule has 1 atom stereocenters. The van der Waals surface area contributed by atoms with Gasteiger partial charge in [-0.3, -0.25) is 4.79 Å². The zero-order valence-electron chi connectivity index (χ0n) is 12.5. The highest BCUT2D eigenvalue weighted by Crippen LogP contribution is 2.11. The smallest absolute Gasteiger partial charge is 0.407 e. The summed E-state index contributed by atoms with van der Waals surface area (Å²) in [4.78, 5) is 28.2. The van der Waals surface area contributed by atoms with E-state index in [0.29, 0.717) is 18.7 Å². The van der Waals surface area contributed by atoms with Crippen LogP contribution in [0.15, 0.2) is 5.16 Å². The first-order valence-electron chi connectivity index (χ1n) is 6.79. The standard InChI is InChI=1S/C13H23N3O4/c1-5-6-14-11(17)10-7-9(20-16-10)8-15-12(18)19-13(2,3)4/h9H,5-8H2,1-4H3,(H,14,17)(H,15,18)/t9-/m0/s1. The Hall–Kier alpha value is -1.79. The lowest BCUT2D eigenvalue weighted by molar-refractivity contribution is -0.114. The molecule has 1 aliphatic heterocycles. The molecule has 0 fully saturated rings. The summed E-state index contributed by atoms with van der Waals surface area (Å²) in [7, 11) is 0. The Bertz CT molecular complexity index is 388. The first-order valence-corrected chi connectivity index (χ1v) is 6.79. The second-order valence-electron chi connectivity index (χ2n) is 5.61. The minimum absolute atomic E-state index is 0.216. The summed E-state index contributed by atoms with van der Waals surface area (Å²) in [6.07, 6.45) is 0.407. The minimum atomic E-state index is -0.539. The highest BCUT2D eigenvalue weighted by molar-refractivity contribution is 6.39. The number of nitrogens with one attached hydrogen (secondary N) is 2. The molecule has 0 spiro atoms. The van der Waals surface area contributed by atoms with E-state index < -0.39 is 11.7 Å². The van der Waals surface area contributed by atoms with E-state index in [2.05, 4.69) is 15.8 Å². The average Bonchev–Trinajstić information content (AvgIpc) is 2.80. The fourth-order valence-corrected chi connectivity index (χ4v) is 1.52. The molecule has 7 heteroatoms. The van der Waals surface area contributed by atoms with E-state index >= 15 is 0 Å². The number of rotatable bonds is 5. The van der Waals surface area contributed by atoms with Gasteiger partial charge in [0.1, 0.15) is 11.3 Å². The Labute approximate surface area is 119 Å². The van der Waals surface area contributed by atoms with Gasteiger partial charge in [-0.2, -0.15) is 0 Å². The van der Waals surface area contributed by atoms with Gasteiger partial charge in [0, 0.05) is 13.0 Å². The first kappa shape index (κ1) is 16.3. The molecule has 0 aromatic heterocycles. The molecule has 1 rings (SSSR count). The molecule has 114 valence electrons. The molecule has 1 heterocycles. The van der Waals surface area contributed by atoms with Crippen LogP contribution in [0.1, 0.15) is 40.5 Å². The van der Waals surface area contributed by atoms with E-state index in [4.69, 9.17) is 9.57 Å². The molecular formula is C13H23N3O4. The van der Waals surface area contributed by atoms with Crippen molar-refractivity contribution in [2.75, 3.05) is 13.1 Å². The summed E-state index contributed by atoms with van der Waals surface area (Å²) in [6.45, 7) is 8.20. The fourth-order valence-electron chi connectivity index (χ4n) is 1.52. The maximum atomic E-state index is 11.6. The highest BCUT2D eigenvalue weighted by Gasteiger charge is 2.26. The van der Waals surface area contributed by atoms with E-state index in [9.17, 15) is 9.59 Å². The number of alkyl carbamates (subject to hydrolysis) is 1. The van der Waals surface area contributed by atoms with Crippen molar-refractivity contribution in [3.8, 4) is 0 Å². The zero-order valence-corrected chi connectivity index (χ0v) is 12.5. The van der Waals surface area contributed by atoms with Crippen LogP contribution >= 0.6 is 0 Å². The van der Waals surface area contributed by atoms with Crippen LogP contribution in [0.4, 0.5) is 4.79 Å². The predicted molar refractivity (Wildman–Crippen MR) is 74.5 cm³/mol. The van der Waals surface area contributed by atoms with E-state index in [0.717, 1.165) is 6.42 Å². The van der Waals surface area contributed by atoms with Crippen molar-refractivity contribution in [3.05, 3.63) is 0 Å². The van der Waals surface area contributed by atoms with Gasteiger partial charge in [-0.25, -0.2) is 4.79 Å². The molecular weight excluding hydrogens is 262 g/mol. The van der Waals surface area contributed by atoms with Crippen LogP contribution in [-0.2, 0) is 14.4 Å². The summed E-state index contributed by atoms with van der Waals surface area (Å²) in [5.74, 6) is -0.216. The summed E-state index contributed by atoms with van der Waals surface area (Å²) >= 11 is 0. The van der Waals surface area contributed by atoms with Gasteiger partial charge in [0.05, 0.1) is 6.54 Å². The quantitative estimate of drug-likeness (QED) is 0.794. The van der Waals surface area contributed by atoms with Gasteiger partial charge in [-0.05, 0) is 27.2 Å². The van der Waals surface area contributed by atoms with E-state index in [1.807, 2.05) is 6.92 Å². The Kier molecular flexibility index (Phi) is 5.79. The summed E-state index contributed by atoms with van der Waals surface area (Å²) in [5.41, 5.74) is -0.183. The van der Waals surface area contributed by atoms with Gasteiger partial charge >= 0.3 is 6.09 Å². The second kappa shape index (κ2) is 7.12. The number of carbonyl (C=O) groups is 2. The molecule has 20 heavy (non-hydrogen) atoms. The summed E-state index contributed by atoms with van der Waals surface area (Å²) in [5, 5.41) is 9.06. The van der Waals surface area contributed by atoms with Crippen molar-refractivity contribution in [1.82, 2.24) is 10.6 Å². The van der Waals surface area contributed by atoms with Crippen LogP contribution in [0.3, 0.4) is 0 Å². The number of hydrogen-bond acceptors (Lipinski definition) is 5. The van der Waals surface area contributed by atoms with Crippen LogP contribution < -0.4 is 10.6 Å². The van der Waals surface area contributed by atoms with Crippen molar-refractivity contribution < 1.29 is 19.2 Å². The second-order valence-corrected chi connectivity index (χ2v) is 5.61. The van der Waals surface area contributed by atoms with Gasteiger partial charge in [-0.15, -0.1) is 0 Å². The predicted octanol–water partition coefficient (Wildman–Crippen LogP) is 1.18. The van der Waals surface area contributed by atoms with Crippen LogP contribution in [0.2, 0.25) is 0 Å². The molecule has 1 aliphatic rings. The molecule has 0 unspecified atom stereocenters. The zero-order chi connectivity index (χ0) is 15.2. The van der Waals surface area contributed by atoms with Gasteiger partial charge in [0.15, 0.2) is 6.10 Å². The number of oxime groups is 1. The third-order valence-corrected chi connectivity index (χ3v) is 2.40. The molecule has 0 saturated carbocycles. The number of ether oxygens (including phenoxy) is 1. The van der Waals surface area contributed by atoms with Crippen LogP contribution in [0.25, 0.3) is 0 Å².